The first-order valence-electron chi connectivity index (χ1n) is 11.5. The summed E-state index contributed by atoms with van der Waals surface area (Å²) >= 11 is 0. The van der Waals surface area contributed by atoms with Gasteiger partial charge in [0.1, 0.15) is 6.10 Å². The molecule has 0 radical (unpaired) electrons. The second-order valence-corrected chi connectivity index (χ2v) is 7.80. The third kappa shape index (κ3) is 19.9. The Morgan fingerprint density at radius 3 is 1.52 bits per heavy atom. The summed E-state index contributed by atoms with van der Waals surface area (Å²) in [5.41, 5.74) is 0. The molecule has 0 bridgehead atoms. The van der Waals surface area contributed by atoms with Gasteiger partial charge in [-0.1, -0.05) is 103 Å². The fourth-order valence-electron chi connectivity index (χ4n) is 3.37. The molecule has 1 atom stereocenters. The Bertz CT molecular complexity index is 307. The zero-order chi connectivity index (χ0) is 20.0. The molecule has 0 aromatic rings. The molecule has 0 aliphatic carbocycles. The van der Waals surface area contributed by atoms with Gasteiger partial charge in [0.05, 0.1) is 13.2 Å². The van der Waals surface area contributed by atoms with Crippen molar-refractivity contribution in [3.8, 4) is 0 Å². The molecule has 0 saturated carbocycles. The Morgan fingerprint density at radius 2 is 1.15 bits per heavy atom. The molecule has 0 aliphatic rings. The number of rotatable bonds is 21. The summed E-state index contributed by atoms with van der Waals surface area (Å²) in [6.45, 7) is 2.34. The maximum atomic E-state index is 11.6. The highest BCUT2D eigenvalue weighted by atomic mass is 16.6. The lowest BCUT2D eigenvalue weighted by atomic mass is 10.0. The smallest absolute Gasteiger partial charge is 0.306 e. The predicted molar refractivity (Wildman–Crippen MR) is 113 cm³/mol. The minimum Gasteiger partial charge on any atom is -0.457 e. The maximum absolute atomic E-state index is 11.6. The first-order chi connectivity index (χ1) is 13.2. The summed E-state index contributed by atoms with van der Waals surface area (Å²) in [6.07, 6.45) is 21.1. The Balaban J connectivity index is 3.21. The molecule has 4 nitrogen and oxygen atoms in total. The van der Waals surface area contributed by atoms with Gasteiger partial charge in [-0.05, 0) is 6.42 Å². The van der Waals surface area contributed by atoms with Crippen molar-refractivity contribution in [2.75, 3.05) is 20.3 Å². The number of unbranched alkanes of at least 4 members (excludes halogenated alkanes) is 15. The summed E-state index contributed by atoms with van der Waals surface area (Å²) in [5, 5.41) is 9.06. The molecule has 4 heteroatoms. The molecule has 0 aliphatic heterocycles. The van der Waals surface area contributed by atoms with E-state index >= 15 is 0 Å². The molecule has 0 saturated heterocycles. The fraction of sp³-hybridized carbons (Fsp3) is 0.957. The van der Waals surface area contributed by atoms with Crippen molar-refractivity contribution in [2.45, 2.75) is 122 Å². The summed E-state index contributed by atoms with van der Waals surface area (Å²) in [4.78, 5) is 11.6. The van der Waals surface area contributed by atoms with Crippen LogP contribution in [0.3, 0.4) is 0 Å². The van der Waals surface area contributed by atoms with Crippen molar-refractivity contribution in [1.82, 2.24) is 0 Å². The van der Waals surface area contributed by atoms with Crippen molar-refractivity contribution >= 4 is 5.97 Å². The molecule has 27 heavy (non-hydrogen) atoms. The lowest BCUT2D eigenvalue weighted by Gasteiger charge is -2.14. The number of methoxy groups -OCH3 is 1. The van der Waals surface area contributed by atoms with E-state index < -0.39 is 6.10 Å². The highest BCUT2D eigenvalue weighted by Gasteiger charge is 2.12. The third-order valence-corrected chi connectivity index (χ3v) is 5.09. The average Bonchev–Trinajstić information content (AvgIpc) is 2.67. The van der Waals surface area contributed by atoms with Gasteiger partial charge in [-0.25, -0.2) is 0 Å². The molecule has 162 valence electrons. The molecule has 0 rings (SSSR count). The van der Waals surface area contributed by atoms with E-state index in [-0.39, 0.29) is 19.2 Å². The SMILES string of the molecule is CCCCCCCCCCCCCCCCCCC(=O)OC(CO)COC. The highest BCUT2D eigenvalue weighted by Crippen LogP contribution is 2.14. The summed E-state index contributed by atoms with van der Waals surface area (Å²) in [6, 6.07) is 0. The van der Waals surface area contributed by atoms with Crippen LogP contribution in [0.15, 0.2) is 0 Å². The van der Waals surface area contributed by atoms with Crippen LogP contribution in [0.2, 0.25) is 0 Å². The number of aliphatic hydroxyl groups excluding tert-OH is 1. The molecule has 1 N–H and O–H groups in total. The largest absolute Gasteiger partial charge is 0.457 e. The molecule has 0 spiro atoms. The highest BCUT2D eigenvalue weighted by molar-refractivity contribution is 5.69. The van der Waals surface area contributed by atoms with E-state index in [1.807, 2.05) is 0 Å². The van der Waals surface area contributed by atoms with E-state index in [1.165, 1.54) is 97.0 Å². The molecule has 0 heterocycles. The standard InChI is InChI=1S/C23H46O4/c1-3-4-5-6-7-8-9-10-11-12-13-14-15-16-17-18-19-23(25)27-22(20-24)21-26-2/h22,24H,3-21H2,1-2H3. The topological polar surface area (TPSA) is 55.8 Å². The number of aliphatic hydroxyl groups is 1. The van der Waals surface area contributed by atoms with Crippen molar-refractivity contribution in [3.63, 3.8) is 0 Å². The molecule has 1 unspecified atom stereocenters. The van der Waals surface area contributed by atoms with Crippen LogP contribution in [-0.2, 0) is 14.3 Å². The molecular weight excluding hydrogens is 340 g/mol. The Kier molecular flexibility index (Phi) is 21.2. The van der Waals surface area contributed by atoms with E-state index in [1.54, 1.807) is 0 Å². The van der Waals surface area contributed by atoms with Crippen LogP contribution in [0, 0.1) is 0 Å². The zero-order valence-corrected chi connectivity index (χ0v) is 18.2. The van der Waals surface area contributed by atoms with Gasteiger partial charge >= 0.3 is 5.97 Å². The van der Waals surface area contributed by atoms with E-state index in [0.29, 0.717) is 6.42 Å². The van der Waals surface area contributed by atoms with E-state index in [2.05, 4.69) is 6.92 Å². The van der Waals surface area contributed by atoms with Crippen LogP contribution in [0.4, 0.5) is 0 Å². The number of hydrogen-bond donors (Lipinski definition) is 1. The van der Waals surface area contributed by atoms with Crippen molar-refractivity contribution < 1.29 is 19.4 Å². The third-order valence-electron chi connectivity index (χ3n) is 5.09. The van der Waals surface area contributed by atoms with Gasteiger partial charge in [-0.3, -0.25) is 4.79 Å². The van der Waals surface area contributed by atoms with Gasteiger partial charge < -0.3 is 14.6 Å². The molecule has 0 aromatic carbocycles. The van der Waals surface area contributed by atoms with Crippen LogP contribution in [0.1, 0.15) is 116 Å². The van der Waals surface area contributed by atoms with E-state index in [4.69, 9.17) is 14.6 Å². The zero-order valence-electron chi connectivity index (χ0n) is 18.2. The second kappa shape index (κ2) is 21.7. The van der Waals surface area contributed by atoms with Crippen molar-refractivity contribution in [2.24, 2.45) is 0 Å². The van der Waals surface area contributed by atoms with Gasteiger partial charge in [0.15, 0.2) is 0 Å². The summed E-state index contributed by atoms with van der Waals surface area (Å²) in [5.74, 6) is -0.225. The Labute approximate surface area is 168 Å². The van der Waals surface area contributed by atoms with Crippen molar-refractivity contribution in [1.29, 1.82) is 0 Å². The minimum atomic E-state index is -0.524. The normalized spacial score (nSPS) is 12.3. The average molecular weight is 387 g/mol. The van der Waals surface area contributed by atoms with Crippen molar-refractivity contribution in [3.05, 3.63) is 0 Å². The van der Waals surface area contributed by atoms with Gasteiger partial charge in [0.2, 0.25) is 0 Å². The number of ether oxygens (including phenoxy) is 2. The molecular formula is C23H46O4. The van der Waals surface area contributed by atoms with Crippen LogP contribution in [0.5, 0.6) is 0 Å². The Morgan fingerprint density at radius 1 is 0.741 bits per heavy atom. The maximum Gasteiger partial charge on any atom is 0.306 e. The summed E-state index contributed by atoms with van der Waals surface area (Å²) in [7, 11) is 1.53. The van der Waals surface area contributed by atoms with Crippen LogP contribution >= 0.6 is 0 Å². The number of carbonyl (C=O) groups excluding carboxylic acids is 1. The first-order valence-corrected chi connectivity index (χ1v) is 11.5. The monoisotopic (exact) mass is 386 g/mol. The Hall–Kier alpha value is -0.610. The minimum absolute atomic E-state index is 0.182. The molecule has 0 amide bonds. The second-order valence-electron chi connectivity index (χ2n) is 7.80. The predicted octanol–water partition coefficient (Wildman–Crippen LogP) is 6.19. The summed E-state index contributed by atoms with van der Waals surface area (Å²) < 4.78 is 10.0. The quantitative estimate of drug-likeness (QED) is 0.189. The lowest BCUT2D eigenvalue weighted by molar-refractivity contribution is -0.154. The van der Waals surface area contributed by atoms with Gasteiger partial charge in [0.25, 0.3) is 0 Å². The number of hydrogen-bond acceptors (Lipinski definition) is 4. The lowest BCUT2D eigenvalue weighted by Crippen LogP contribution is -2.26. The van der Waals surface area contributed by atoms with E-state index in [0.717, 1.165) is 12.8 Å². The molecule has 0 aromatic heterocycles. The number of esters is 1. The fourth-order valence-corrected chi connectivity index (χ4v) is 3.37. The van der Waals surface area contributed by atoms with E-state index in [9.17, 15) is 4.79 Å². The van der Waals surface area contributed by atoms with Gasteiger partial charge in [-0.15, -0.1) is 0 Å². The van der Waals surface area contributed by atoms with Gasteiger partial charge in [0, 0.05) is 13.5 Å². The van der Waals surface area contributed by atoms with Crippen LogP contribution in [-0.4, -0.2) is 37.5 Å². The first kappa shape index (κ1) is 26.4. The number of carbonyl (C=O) groups is 1. The van der Waals surface area contributed by atoms with Crippen LogP contribution in [0.25, 0.3) is 0 Å². The van der Waals surface area contributed by atoms with Crippen LogP contribution < -0.4 is 0 Å². The van der Waals surface area contributed by atoms with Gasteiger partial charge in [-0.2, -0.15) is 0 Å². The molecule has 0 fully saturated rings.